The van der Waals surface area contributed by atoms with Crippen molar-refractivity contribution in [2.45, 2.75) is 65.3 Å². The van der Waals surface area contributed by atoms with Gasteiger partial charge in [0.25, 0.3) is 5.91 Å². The van der Waals surface area contributed by atoms with Gasteiger partial charge >= 0.3 is 5.97 Å². The van der Waals surface area contributed by atoms with E-state index in [2.05, 4.69) is 10.3 Å². The largest absolute Gasteiger partial charge is 0.457 e. The van der Waals surface area contributed by atoms with Crippen LogP contribution in [0.2, 0.25) is 0 Å². The Balaban J connectivity index is 1.86. The number of carbonyl (C=O) groups is 3. The van der Waals surface area contributed by atoms with Gasteiger partial charge in [0, 0.05) is 25.4 Å². The van der Waals surface area contributed by atoms with Gasteiger partial charge in [0.1, 0.15) is 24.2 Å². The summed E-state index contributed by atoms with van der Waals surface area (Å²) in [5.74, 6) is -1.81. The number of hydrogen-bond acceptors (Lipinski definition) is 7. The maximum Gasteiger partial charge on any atom is 0.355 e. The molecule has 0 saturated carbocycles. The molecule has 2 aliphatic rings. The Morgan fingerprint density at radius 2 is 2.00 bits per heavy atom. The first-order valence-corrected chi connectivity index (χ1v) is 12.9. The Labute approximate surface area is 222 Å². The molecule has 0 spiro atoms. The predicted octanol–water partition coefficient (Wildman–Crippen LogP) is 3.43. The van der Waals surface area contributed by atoms with Crippen molar-refractivity contribution >= 4 is 17.8 Å². The van der Waals surface area contributed by atoms with Crippen LogP contribution in [0.3, 0.4) is 0 Å². The van der Waals surface area contributed by atoms with Gasteiger partial charge in [-0.2, -0.15) is 0 Å². The highest BCUT2D eigenvalue weighted by atomic mass is 19.1. The van der Waals surface area contributed by atoms with Crippen molar-refractivity contribution in [1.29, 1.82) is 0 Å². The van der Waals surface area contributed by atoms with Crippen molar-refractivity contribution in [3.8, 4) is 0 Å². The van der Waals surface area contributed by atoms with E-state index in [4.69, 9.17) is 9.15 Å². The SMILES string of the molecule is CC1=C/[C@@H](O)C[C@H](F)Cc2nc(co2)C(=O)N2CCC=C2C(=O)O[C@@H](C(C)C)[C@@H](C)/C=C\C(=O)NC/C=C\1. The molecule has 0 fully saturated rings. The summed E-state index contributed by atoms with van der Waals surface area (Å²) in [5.41, 5.74) is 0.773. The van der Waals surface area contributed by atoms with Gasteiger partial charge in [-0.3, -0.25) is 9.59 Å². The Hall–Kier alpha value is -3.53. The third-order valence-corrected chi connectivity index (χ3v) is 6.30. The van der Waals surface area contributed by atoms with Gasteiger partial charge in [-0.05, 0) is 25.3 Å². The molecule has 4 atom stereocenters. The number of rotatable bonds is 1. The Bertz CT molecular complexity index is 1140. The second-order valence-electron chi connectivity index (χ2n) is 9.96. The molecular formula is C28H36FN3O6. The van der Waals surface area contributed by atoms with Crippen LogP contribution in [0.5, 0.6) is 0 Å². The topological polar surface area (TPSA) is 122 Å². The number of alkyl halides is 1. The van der Waals surface area contributed by atoms with Crippen molar-refractivity contribution in [2.24, 2.45) is 11.8 Å². The van der Waals surface area contributed by atoms with E-state index in [1.54, 1.807) is 31.2 Å². The maximum absolute atomic E-state index is 14.6. The van der Waals surface area contributed by atoms with Crippen LogP contribution >= 0.6 is 0 Å². The number of ether oxygens (including phenoxy) is 1. The fraction of sp³-hybridized carbons (Fsp3) is 0.500. The molecule has 0 unspecified atom stereocenters. The quantitative estimate of drug-likeness (QED) is 0.535. The minimum atomic E-state index is -1.46. The van der Waals surface area contributed by atoms with E-state index in [-0.39, 0.29) is 61.0 Å². The highest BCUT2D eigenvalue weighted by Gasteiger charge is 2.33. The van der Waals surface area contributed by atoms with E-state index in [0.717, 1.165) is 6.26 Å². The first kappa shape index (κ1) is 29.0. The smallest absolute Gasteiger partial charge is 0.355 e. The number of aromatic nitrogens is 1. The summed E-state index contributed by atoms with van der Waals surface area (Å²) in [6, 6.07) is 0. The number of nitrogens with one attached hydrogen (secondary N) is 1. The molecule has 10 heteroatoms. The lowest BCUT2D eigenvalue weighted by atomic mass is 9.94. The molecule has 1 aromatic heterocycles. The summed E-state index contributed by atoms with van der Waals surface area (Å²) in [4.78, 5) is 43.9. The number of cyclic esters (lactones) is 1. The van der Waals surface area contributed by atoms with Crippen LogP contribution in [0.25, 0.3) is 0 Å². The molecule has 2 amide bonds. The molecule has 9 nitrogen and oxygen atoms in total. The summed E-state index contributed by atoms with van der Waals surface area (Å²) in [6.45, 7) is 7.96. The van der Waals surface area contributed by atoms with E-state index in [0.29, 0.717) is 12.0 Å². The molecule has 0 aromatic carbocycles. The van der Waals surface area contributed by atoms with Crippen molar-refractivity contribution in [1.82, 2.24) is 15.2 Å². The molecule has 0 aliphatic carbocycles. The van der Waals surface area contributed by atoms with Crippen molar-refractivity contribution in [3.63, 3.8) is 0 Å². The average Bonchev–Trinajstić information content (AvgIpc) is 3.52. The predicted molar refractivity (Wildman–Crippen MR) is 138 cm³/mol. The Morgan fingerprint density at radius 1 is 1.24 bits per heavy atom. The summed E-state index contributed by atoms with van der Waals surface area (Å²) in [6.07, 6.45) is 7.87. The number of aliphatic hydroxyl groups is 1. The lowest BCUT2D eigenvalue weighted by Gasteiger charge is -2.27. The summed E-state index contributed by atoms with van der Waals surface area (Å²) >= 11 is 0. The van der Waals surface area contributed by atoms with E-state index < -0.39 is 30.3 Å². The number of fused-ring (bicyclic) bond motifs is 3. The standard InChI is InChI=1S/C28H36FN3O6/c1-17(2)26-19(4)9-10-24(34)30-11-5-7-18(3)13-21(33)14-20(29)15-25-31-22(16-37-25)27(35)32-12-6-8-23(32)28(36)38-26/h5,7-10,13,16-17,19-21,26,33H,6,11-12,14-15H2,1-4H3,(H,30,34)/b7-5-,10-9-,18-13-/t19-,20-,21+,26-/m0/s1. The second-order valence-corrected chi connectivity index (χ2v) is 9.96. The van der Waals surface area contributed by atoms with Crippen molar-refractivity contribution < 1.29 is 33.0 Å². The summed E-state index contributed by atoms with van der Waals surface area (Å²) in [7, 11) is 0. The van der Waals surface area contributed by atoms with Crippen molar-refractivity contribution in [2.75, 3.05) is 13.1 Å². The highest BCUT2D eigenvalue weighted by Crippen LogP contribution is 2.25. The molecule has 2 N–H and O–H groups in total. The van der Waals surface area contributed by atoms with Crippen molar-refractivity contribution in [3.05, 3.63) is 65.6 Å². The summed E-state index contributed by atoms with van der Waals surface area (Å²) < 4.78 is 25.7. The molecule has 3 heterocycles. The van der Waals surface area contributed by atoms with E-state index in [1.165, 1.54) is 17.1 Å². The third kappa shape index (κ3) is 7.98. The van der Waals surface area contributed by atoms with Crippen LogP contribution in [0.15, 0.2) is 58.4 Å². The van der Waals surface area contributed by atoms with Crippen LogP contribution in [-0.2, 0) is 20.7 Å². The fourth-order valence-corrected chi connectivity index (χ4v) is 4.41. The van der Waals surface area contributed by atoms with Gasteiger partial charge < -0.3 is 24.5 Å². The van der Waals surface area contributed by atoms with Crippen LogP contribution < -0.4 is 5.32 Å². The molecule has 2 aliphatic heterocycles. The Morgan fingerprint density at radius 3 is 2.74 bits per heavy atom. The van der Waals surface area contributed by atoms with Gasteiger partial charge in [0.05, 0.1) is 12.5 Å². The number of aliphatic hydroxyl groups excluding tert-OH is 1. The van der Waals surface area contributed by atoms with Gasteiger partial charge in [0.2, 0.25) is 5.91 Å². The zero-order valence-electron chi connectivity index (χ0n) is 22.2. The molecule has 0 radical (unpaired) electrons. The first-order chi connectivity index (χ1) is 18.0. The molecular weight excluding hydrogens is 493 g/mol. The first-order valence-electron chi connectivity index (χ1n) is 12.9. The van der Waals surface area contributed by atoms with Crippen LogP contribution in [-0.4, -0.2) is 64.2 Å². The number of nitrogens with zero attached hydrogens (tertiary/aromatic N) is 2. The number of allylic oxidation sites excluding steroid dienone is 2. The fourth-order valence-electron chi connectivity index (χ4n) is 4.41. The Kier molecular flexibility index (Phi) is 10.2. The van der Waals surface area contributed by atoms with Crippen LogP contribution in [0, 0.1) is 11.8 Å². The van der Waals surface area contributed by atoms with E-state index in [1.807, 2.05) is 20.8 Å². The molecule has 206 valence electrons. The molecule has 2 bridgehead atoms. The van der Waals surface area contributed by atoms with E-state index >= 15 is 0 Å². The molecule has 3 rings (SSSR count). The minimum Gasteiger partial charge on any atom is -0.457 e. The molecule has 1 aromatic rings. The van der Waals surface area contributed by atoms with E-state index in [9.17, 15) is 23.9 Å². The number of amides is 2. The van der Waals surface area contributed by atoms with Gasteiger partial charge in [-0.1, -0.05) is 56.7 Å². The lowest BCUT2D eigenvalue weighted by Crippen LogP contribution is -2.36. The lowest BCUT2D eigenvalue weighted by molar-refractivity contribution is -0.149. The number of hydrogen-bond donors (Lipinski definition) is 2. The number of oxazole rings is 1. The number of carbonyl (C=O) groups excluding carboxylic acids is 3. The van der Waals surface area contributed by atoms with Gasteiger partial charge in [0.15, 0.2) is 11.6 Å². The molecule has 38 heavy (non-hydrogen) atoms. The van der Waals surface area contributed by atoms with Crippen LogP contribution in [0.4, 0.5) is 4.39 Å². The van der Waals surface area contributed by atoms with Gasteiger partial charge in [-0.25, -0.2) is 14.2 Å². The number of halogens is 1. The second kappa shape index (κ2) is 13.3. The normalized spacial score (nSPS) is 29.6. The maximum atomic E-state index is 14.6. The van der Waals surface area contributed by atoms with Crippen LogP contribution in [0.1, 0.15) is 56.9 Å². The number of esters is 1. The molecule has 0 saturated heterocycles. The summed E-state index contributed by atoms with van der Waals surface area (Å²) in [5, 5.41) is 13.0. The van der Waals surface area contributed by atoms with Gasteiger partial charge in [-0.15, -0.1) is 0 Å². The highest BCUT2D eigenvalue weighted by molar-refractivity contribution is 6.00. The average molecular weight is 530 g/mol. The zero-order valence-corrected chi connectivity index (χ0v) is 22.2. The minimum absolute atomic E-state index is 0.0237. The zero-order chi connectivity index (χ0) is 27.8. The monoisotopic (exact) mass is 529 g/mol. The third-order valence-electron chi connectivity index (χ3n) is 6.30.